The van der Waals surface area contributed by atoms with Crippen LogP contribution >= 0.6 is 11.3 Å². The van der Waals surface area contributed by atoms with Crippen LogP contribution in [-0.2, 0) is 40.8 Å². The van der Waals surface area contributed by atoms with Gasteiger partial charge in [0.15, 0.2) is 10.8 Å². The molecule has 0 unspecified atom stereocenters. The number of hydrogen-bond acceptors (Lipinski definition) is 10. The fraction of sp³-hybridized carbons (Fsp3) is 0.289. The SMILES string of the molecule is COC(=O)Cc1ccc(CCCOc2cccc(-c3c(C(C)(C)C)cc(N4CCc5cccc(C(=O)Nc6nc7ccccc7s6)c5C4)nc3C(=O)O)c2C)cn1. The number of nitrogens with one attached hydrogen (secondary N) is 1. The number of pyridine rings is 2. The number of aromatic carboxylic acids is 1. The van der Waals surface area contributed by atoms with E-state index in [1.165, 1.54) is 18.4 Å². The molecule has 0 fully saturated rings. The first-order chi connectivity index (χ1) is 27.4. The molecule has 0 saturated heterocycles. The summed E-state index contributed by atoms with van der Waals surface area (Å²) in [4.78, 5) is 54.3. The highest BCUT2D eigenvalue weighted by atomic mass is 32.1. The van der Waals surface area contributed by atoms with E-state index in [1.54, 1.807) is 6.20 Å². The maximum absolute atomic E-state index is 13.7. The number of esters is 1. The van der Waals surface area contributed by atoms with Crippen molar-refractivity contribution in [3.63, 3.8) is 0 Å². The van der Waals surface area contributed by atoms with E-state index in [4.69, 9.17) is 14.5 Å². The molecular weight excluding hydrogens is 739 g/mol. The Balaban J connectivity index is 1.13. The van der Waals surface area contributed by atoms with Crippen molar-refractivity contribution in [2.75, 3.05) is 30.5 Å². The average Bonchev–Trinajstić information content (AvgIpc) is 3.61. The van der Waals surface area contributed by atoms with Gasteiger partial charge in [0.05, 0.1) is 36.0 Å². The Hall–Kier alpha value is -6.14. The summed E-state index contributed by atoms with van der Waals surface area (Å²) in [6.07, 6.45) is 4.05. The maximum Gasteiger partial charge on any atom is 0.355 e. The lowest BCUT2D eigenvalue weighted by atomic mass is 9.80. The largest absolute Gasteiger partial charge is 0.493 e. The molecule has 0 bridgehead atoms. The van der Waals surface area contributed by atoms with E-state index in [0.717, 1.165) is 56.4 Å². The van der Waals surface area contributed by atoms with Gasteiger partial charge in [-0.2, -0.15) is 0 Å². The van der Waals surface area contributed by atoms with Gasteiger partial charge in [0.25, 0.3) is 5.91 Å². The molecule has 0 atom stereocenters. The molecule has 1 amide bonds. The highest BCUT2D eigenvalue weighted by molar-refractivity contribution is 7.22. The molecule has 7 rings (SSSR count). The number of nitrogens with zero attached hydrogens (tertiary/aromatic N) is 4. The summed E-state index contributed by atoms with van der Waals surface area (Å²) in [5.41, 5.74) is 7.54. The van der Waals surface area contributed by atoms with E-state index in [2.05, 4.69) is 41.0 Å². The number of carboxylic acid groups (broad SMARTS) is 1. The molecule has 0 aliphatic carbocycles. The predicted octanol–water partition coefficient (Wildman–Crippen LogP) is 8.60. The molecule has 12 heteroatoms. The summed E-state index contributed by atoms with van der Waals surface area (Å²) in [6.45, 7) is 9.62. The number of thiazole rings is 1. The number of aromatic nitrogens is 3. The highest BCUT2D eigenvalue weighted by Gasteiger charge is 2.31. The summed E-state index contributed by atoms with van der Waals surface area (Å²) >= 11 is 1.43. The second kappa shape index (κ2) is 16.5. The van der Waals surface area contributed by atoms with Crippen molar-refractivity contribution in [3.8, 4) is 16.9 Å². The summed E-state index contributed by atoms with van der Waals surface area (Å²) < 4.78 is 12.0. The van der Waals surface area contributed by atoms with Crippen LogP contribution in [0.5, 0.6) is 5.75 Å². The minimum atomic E-state index is -1.12. The molecule has 11 nitrogen and oxygen atoms in total. The summed E-state index contributed by atoms with van der Waals surface area (Å²) in [7, 11) is 1.36. The molecule has 6 aromatic rings. The normalized spacial score (nSPS) is 12.6. The first-order valence-electron chi connectivity index (χ1n) is 18.9. The van der Waals surface area contributed by atoms with Crippen molar-refractivity contribution in [2.24, 2.45) is 0 Å². The van der Waals surface area contributed by atoms with E-state index in [-0.39, 0.29) is 24.0 Å². The van der Waals surface area contributed by atoms with Gasteiger partial charge in [-0.05, 0) is 101 Å². The zero-order valence-corrected chi connectivity index (χ0v) is 33.5. The predicted molar refractivity (Wildman–Crippen MR) is 223 cm³/mol. The number of carbonyl (C=O) groups excluding carboxylic acids is 2. The van der Waals surface area contributed by atoms with Crippen LogP contribution in [0.3, 0.4) is 0 Å². The standard InChI is InChI=1S/C45H45N5O6S/c1-27-31(13-9-16-36(27)56-22-10-11-28-18-19-30(46-25-28)23-39(51)55-5)40-34(45(2,3)4)24-38(48-41(40)43(53)54)50-21-20-29-12-8-14-32(33(29)26-50)42(52)49-44-47-35-15-6-7-17-37(35)57-44/h6-9,12-19,24-25H,10-11,20-23,26H2,1-5H3,(H,53,54)(H,47,49,52). The lowest BCUT2D eigenvalue weighted by Crippen LogP contribution is -2.33. The van der Waals surface area contributed by atoms with Crippen LogP contribution in [0.15, 0.2) is 85.1 Å². The summed E-state index contributed by atoms with van der Waals surface area (Å²) in [6, 6.07) is 25.1. The Morgan fingerprint density at radius 2 is 1.79 bits per heavy atom. The number of carboxylic acids is 1. The van der Waals surface area contributed by atoms with Crippen molar-refractivity contribution in [1.82, 2.24) is 15.0 Å². The molecule has 0 spiro atoms. The third-order valence-electron chi connectivity index (χ3n) is 10.2. The van der Waals surface area contributed by atoms with Gasteiger partial charge in [0.2, 0.25) is 0 Å². The van der Waals surface area contributed by atoms with Gasteiger partial charge in [0.1, 0.15) is 11.6 Å². The first-order valence-corrected chi connectivity index (χ1v) is 19.8. The Labute approximate surface area is 335 Å². The van der Waals surface area contributed by atoms with Crippen LogP contribution in [0.4, 0.5) is 10.9 Å². The number of rotatable bonds is 12. The number of amides is 1. The molecule has 1 aliphatic heterocycles. The van der Waals surface area contributed by atoms with Gasteiger partial charge in [0, 0.05) is 30.4 Å². The Bertz CT molecular complexity index is 2440. The van der Waals surface area contributed by atoms with E-state index in [1.807, 2.05) is 85.8 Å². The zero-order valence-electron chi connectivity index (χ0n) is 32.7. The highest BCUT2D eigenvalue weighted by Crippen LogP contribution is 2.41. The topological polar surface area (TPSA) is 144 Å². The number of ether oxygens (including phenoxy) is 2. The third-order valence-corrected chi connectivity index (χ3v) is 11.2. The van der Waals surface area contributed by atoms with Crippen molar-refractivity contribution < 1.29 is 29.0 Å². The molecule has 57 heavy (non-hydrogen) atoms. The fourth-order valence-corrected chi connectivity index (χ4v) is 8.08. The van der Waals surface area contributed by atoms with Crippen LogP contribution in [0.2, 0.25) is 0 Å². The number of aryl methyl sites for hydroxylation is 1. The van der Waals surface area contributed by atoms with Crippen molar-refractivity contribution in [3.05, 3.63) is 130 Å². The second-order valence-corrected chi connectivity index (χ2v) is 16.2. The number of hydrogen-bond donors (Lipinski definition) is 2. The van der Waals surface area contributed by atoms with Gasteiger partial charge < -0.3 is 19.5 Å². The summed E-state index contributed by atoms with van der Waals surface area (Å²) in [5, 5.41) is 14.3. The van der Waals surface area contributed by atoms with Crippen molar-refractivity contribution >= 4 is 50.3 Å². The Kier molecular flexibility index (Phi) is 11.3. The second-order valence-electron chi connectivity index (χ2n) is 15.2. The number of fused-ring (bicyclic) bond motifs is 2. The van der Waals surface area contributed by atoms with E-state index < -0.39 is 11.4 Å². The molecule has 3 aromatic carbocycles. The lowest BCUT2D eigenvalue weighted by molar-refractivity contribution is -0.139. The number of para-hydroxylation sites is 1. The molecule has 1 aliphatic rings. The van der Waals surface area contributed by atoms with Crippen LogP contribution in [0.25, 0.3) is 21.3 Å². The summed E-state index contributed by atoms with van der Waals surface area (Å²) in [5.74, 6) is -0.472. The zero-order chi connectivity index (χ0) is 40.3. The molecule has 0 radical (unpaired) electrons. The third kappa shape index (κ3) is 8.66. The Morgan fingerprint density at radius 1 is 0.982 bits per heavy atom. The molecule has 2 N–H and O–H groups in total. The number of methoxy groups -OCH3 is 1. The first kappa shape index (κ1) is 39.1. The molecule has 3 aromatic heterocycles. The van der Waals surface area contributed by atoms with Gasteiger partial charge in [-0.3, -0.25) is 19.9 Å². The number of benzene rings is 3. The average molecular weight is 784 g/mol. The molecule has 292 valence electrons. The molecule has 4 heterocycles. The minimum absolute atomic E-state index is 0.0338. The Morgan fingerprint density at radius 3 is 2.53 bits per heavy atom. The van der Waals surface area contributed by atoms with Crippen molar-refractivity contribution in [2.45, 2.75) is 65.3 Å². The monoisotopic (exact) mass is 783 g/mol. The quantitative estimate of drug-likeness (QED) is 0.0915. The van der Waals surface area contributed by atoms with Gasteiger partial charge >= 0.3 is 11.9 Å². The van der Waals surface area contributed by atoms with E-state index >= 15 is 0 Å². The smallest absolute Gasteiger partial charge is 0.355 e. The minimum Gasteiger partial charge on any atom is -0.493 e. The molecular formula is C45H45N5O6S. The van der Waals surface area contributed by atoms with Crippen LogP contribution in [0, 0.1) is 6.92 Å². The fourth-order valence-electron chi connectivity index (χ4n) is 7.22. The van der Waals surface area contributed by atoms with Crippen LogP contribution < -0.4 is 15.0 Å². The van der Waals surface area contributed by atoms with Gasteiger partial charge in [-0.25, -0.2) is 14.8 Å². The van der Waals surface area contributed by atoms with Crippen molar-refractivity contribution in [1.29, 1.82) is 0 Å². The van der Waals surface area contributed by atoms with E-state index in [0.29, 0.717) is 59.6 Å². The van der Waals surface area contributed by atoms with Gasteiger partial charge in [-0.15, -0.1) is 0 Å². The number of carbonyl (C=O) groups is 3. The van der Waals surface area contributed by atoms with Gasteiger partial charge in [-0.1, -0.05) is 74.6 Å². The van der Waals surface area contributed by atoms with E-state index in [9.17, 15) is 19.5 Å². The van der Waals surface area contributed by atoms with Crippen LogP contribution in [0.1, 0.15) is 81.5 Å². The molecule has 0 saturated carbocycles. The maximum atomic E-state index is 13.7. The van der Waals surface area contributed by atoms with Crippen LogP contribution in [-0.4, -0.2) is 58.2 Å². The number of anilines is 2. The lowest BCUT2D eigenvalue weighted by Gasteiger charge is -2.33.